The molecule has 1 atom stereocenters. The van der Waals surface area contributed by atoms with Gasteiger partial charge in [-0.25, -0.2) is 4.39 Å². The van der Waals surface area contributed by atoms with Crippen molar-refractivity contribution in [2.24, 2.45) is 0 Å². The third kappa shape index (κ3) is 3.37. The Labute approximate surface area is 119 Å². The molecule has 2 rings (SSSR count). The second-order valence-electron chi connectivity index (χ2n) is 5.82. The predicted octanol–water partition coefficient (Wildman–Crippen LogP) is 2.74. The molecule has 0 spiro atoms. The van der Waals surface area contributed by atoms with Crippen LogP contribution in [0.1, 0.15) is 50.5 Å². The molecule has 1 aliphatic rings. The second kappa shape index (κ2) is 6.35. The van der Waals surface area contributed by atoms with Gasteiger partial charge in [-0.3, -0.25) is 4.79 Å². The van der Waals surface area contributed by atoms with E-state index in [-0.39, 0.29) is 30.7 Å². The molecule has 1 unspecified atom stereocenters. The van der Waals surface area contributed by atoms with E-state index >= 15 is 0 Å². The van der Waals surface area contributed by atoms with Crippen molar-refractivity contribution in [3.63, 3.8) is 0 Å². The Balaban J connectivity index is 1.96. The van der Waals surface area contributed by atoms with Gasteiger partial charge < -0.3 is 10.4 Å². The Morgan fingerprint density at radius 1 is 1.40 bits per heavy atom. The van der Waals surface area contributed by atoms with Crippen LogP contribution in [0.2, 0.25) is 0 Å². The highest BCUT2D eigenvalue weighted by Crippen LogP contribution is 2.30. The molecular weight excluding hydrogens is 257 g/mol. The van der Waals surface area contributed by atoms with Crippen molar-refractivity contribution in [2.75, 3.05) is 6.61 Å². The Kier molecular flexibility index (Phi) is 4.76. The van der Waals surface area contributed by atoms with Gasteiger partial charge in [0.15, 0.2) is 0 Å². The molecule has 110 valence electrons. The molecule has 1 amide bonds. The molecule has 0 radical (unpaired) electrons. The van der Waals surface area contributed by atoms with Crippen LogP contribution in [-0.2, 0) is 4.79 Å². The highest BCUT2D eigenvalue weighted by atomic mass is 19.1. The maximum atomic E-state index is 13.7. The summed E-state index contributed by atoms with van der Waals surface area (Å²) in [4.78, 5) is 12.1. The van der Waals surface area contributed by atoms with Gasteiger partial charge in [0.05, 0.1) is 12.1 Å². The van der Waals surface area contributed by atoms with Gasteiger partial charge in [-0.05, 0) is 30.4 Å². The Bertz CT molecular complexity index is 469. The summed E-state index contributed by atoms with van der Waals surface area (Å²) in [6.45, 7) is 1.82. The summed E-state index contributed by atoms with van der Waals surface area (Å²) in [5.74, 6) is -0.560. The molecule has 1 aliphatic carbocycles. The lowest BCUT2D eigenvalue weighted by Crippen LogP contribution is -2.49. The quantitative estimate of drug-likeness (QED) is 0.870. The van der Waals surface area contributed by atoms with Crippen molar-refractivity contribution in [1.29, 1.82) is 0 Å². The van der Waals surface area contributed by atoms with Gasteiger partial charge in [-0.1, -0.05) is 38.0 Å². The Morgan fingerprint density at radius 3 is 2.65 bits per heavy atom. The summed E-state index contributed by atoms with van der Waals surface area (Å²) >= 11 is 0. The van der Waals surface area contributed by atoms with Crippen molar-refractivity contribution < 1.29 is 14.3 Å². The number of amides is 1. The van der Waals surface area contributed by atoms with Gasteiger partial charge in [0, 0.05) is 6.42 Å². The van der Waals surface area contributed by atoms with Crippen molar-refractivity contribution in [1.82, 2.24) is 5.32 Å². The van der Waals surface area contributed by atoms with Crippen LogP contribution in [0.5, 0.6) is 0 Å². The number of hydrogen-bond acceptors (Lipinski definition) is 2. The van der Waals surface area contributed by atoms with Crippen LogP contribution in [0.15, 0.2) is 24.3 Å². The van der Waals surface area contributed by atoms with Gasteiger partial charge in [0.1, 0.15) is 5.82 Å². The molecule has 0 saturated heterocycles. The van der Waals surface area contributed by atoms with Crippen LogP contribution in [0.25, 0.3) is 0 Å². The van der Waals surface area contributed by atoms with E-state index in [1.165, 1.54) is 6.07 Å². The zero-order chi connectivity index (χ0) is 14.6. The average Bonchev–Trinajstić information content (AvgIpc) is 2.88. The summed E-state index contributed by atoms with van der Waals surface area (Å²) in [6.07, 6.45) is 3.95. The molecule has 0 aromatic heterocycles. The second-order valence-corrected chi connectivity index (χ2v) is 5.82. The number of benzene rings is 1. The molecule has 1 aromatic carbocycles. The van der Waals surface area contributed by atoms with Crippen LogP contribution in [0.3, 0.4) is 0 Å². The van der Waals surface area contributed by atoms with Crippen LogP contribution < -0.4 is 5.32 Å². The molecule has 4 heteroatoms. The first-order chi connectivity index (χ1) is 9.56. The lowest BCUT2D eigenvalue weighted by atomic mass is 9.94. The van der Waals surface area contributed by atoms with E-state index in [4.69, 9.17) is 0 Å². The van der Waals surface area contributed by atoms with Gasteiger partial charge in [-0.15, -0.1) is 0 Å². The summed E-state index contributed by atoms with van der Waals surface area (Å²) in [5, 5.41) is 12.4. The van der Waals surface area contributed by atoms with E-state index in [9.17, 15) is 14.3 Å². The summed E-state index contributed by atoms with van der Waals surface area (Å²) in [5.41, 5.74) is 0.110. The molecular formula is C16H22FNO2. The van der Waals surface area contributed by atoms with Crippen LogP contribution in [0.4, 0.5) is 4.39 Å². The van der Waals surface area contributed by atoms with Crippen molar-refractivity contribution in [3.8, 4) is 0 Å². The van der Waals surface area contributed by atoms with Crippen LogP contribution in [-0.4, -0.2) is 23.2 Å². The topological polar surface area (TPSA) is 49.3 Å². The monoisotopic (exact) mass is 279 g/mol. The lowest BCUT2D eigenvalue weighted by molar-refractivity contribution is -0.123. The van der Waals surface area contributed by atoms with Crippen molar-refractivity contribution >= 4 is 5.91 Å². The first-order valence-corrected chi connectivity index (χ1v) is 7.23. The highest BCUT2D eigenvalue weighted by Gasteiger charge is 2.34. The van der Waals surface area contributed by atoms with E-state index in [2.05, 4.69) is 5.32 Å². The SMILES string of the molecule is CC(CC(=O)NC1(CO)CCCC1)c1ccccc1F. The lowest BCUT2D eigenvalue weighted by Gasteiger charge is -2.28. The molecule has 3 nitrogen and oxygen atoms in total. The first-order valence-electron chi connectivity index (χ1n) is 7.23. The molecule has 0 heterocycles. The fourth-order valence-corrected chi connectivity index (χ4v) is 2.98. The largest absolute Gasteiger partial charge is 0.394 e. The van der Waals surface area contributed by atoms with E-state index in [1.807, 2.05) is 6.92 Å². The maximum Gasteiger partial charge on any atom is 0.221 e. The van der Waals surface area contributed by atoms with Crippen LogP contribution >= 0.6 is 0 Å². The summed E-state index contributed by atoms with van der Waals surface area (Å²) < 4.78 is 13.7. The fraction of sp³-hybridized carbons (Fsp3) is 0.562. The third-order valence-electron chi connectivity index (χ3n) is 4.20. The van der Waals surface area contributed by atoms with Gasteiger partial charge in [0.25, 0.3) is 0 Å². The summed E-state index contributed by atoms with van der Waals surface area (Å²) in [6, 6.07) is 6.55. The normalized spacial score (nSPS) is 18.8. The summed E-state index contributed by atoms with van der Waals surface area (Å²) in [7, 11) is 0. The standard InChI is InChI=1S/C16H22FNO2/c1-12(13-6-2-3-7-14(13)17)10-15(20)18-16(11-19)8-4-5-9-16/h2-3,6-7,12,19H,4-5,8-11H2,1H3,(H,18,20). The molecule has 1 fully saturated rings. The molecule has 0 bridgehead atoms. The van der Waals surface area contributed by atoms with Crippen molar-refractivity contribution in [2.45, 2.75) is 50.5 Å². The van der Waals surface area contributed by atoms with Crippen LogP contribution in [0, 0.1) is 5.82 Å². The smallest absolute Gasteiger partial charge is 0.221 e. The average molecular weight is 279 g/mol. The molecule has 0 aliphatic heterocycles. The zero-order valence-corrected chi connectivity index (χ0v) is 11.9. The number of aliphatic hydroxyl groups is 1. The minimum atomic E-state index is -0.452. The highest BCUT2D eigenvalue weighted by molar-refractivity contribution is 5.77. The number of hydrogen-bond donors (Lipinski definition) is 2. The Hall–Kier alpha value is -1.42. The minimum Gasteiger partial charge on any atom is -0.394 e. The molecule has 2 N–H and O–H groups in total. The minimum absolute atomic E-state index is 0.0210. The molecule has 20 heavy (non-hydrogen) atoms. The number of nitrogens with one attached hydrogen (secondary N) is 1. The number of halogens is 1. The first kappa shape index (κ1) is 15.0. The zero-order valence-electron chi connectivity index (χ0n) is 11.9. The fourth-order valence-electron chi connectivity index (χ4n) is 2.98. The van der Waals surface area contributed by atoms with Crippen molar-refractivity contribution in [3.05, 3.63) is 35.6 Å². The number of aliphatic hydroxyl groups excluding tert-OH is 1. The third-order valence-corrected chi connectivity index (χ3v) is 4.20. The molecule has 1 aromatic rings. The van der Waals surface area contributed by atoms with Gasteiger partial charge >= 0.3 is 0 Å². The predicted molar refractivity (Wildman–Crippen MR) is 75.9 cm³/mol. The van der Waals surface area contributed by atoms with Gasteiger partial charge in [0.2, 0.25) is 5.91 Å². The number of carbonyl (C=O) groups excluding carboxylic acids is 1. The number of carbonyl (C=O) groups is 1. The number of rotatable bonds is 5. The molecule has 1 saturated carbocycles. The van der Waals surface area contributed by atoms with E-state index in [0.717, 1.165) is 25.7 Å². The van der Waals surface area contributed by atoms with E-state index < -0.39 is 5.54 Å². The Morgan fingerprint density at radius 2 is 2.05 bits per heavy atom. The van der Waals surface area contributed by atoms with E-state index in [0.29, 0.717) is 5.56 Å². The van der Waals surface area contributed by atoms with E-state index in [1.54, 1.807) is 18.2 Å². The maximum absolute atomic E-state index is 13.7. The van der Waals surface area contributed by atoms with Gasteiger partial charge in [-0.2, -0.15) is 0 Å².